The predicted molar refractivity (Wildman–Crippen MR) is 146 cm³/mol. The van der Waals surface area contributed by atoms with E-state index >= 15 is 0 Å². The van der Waals surface area contributed by atoms with Crippen LogP contribution in [0.3, 0.4) is 0 Å². The number of rotatable bonds is 7. The molecule has 0 radical (unpaired) electrons. The number of thiophene rings is 1. The molecule has 3 aromatic rings. The number of hydrogen-bond donors (Lipinski definition) is 2. The van der Waals surface area contributed by atoms with E-state index in [1.807, 2.05) is 31.2 Å². The lowest BCUT2D eigenvalue weighted by atomic mass is 10.0. The van der Waals surface area contributed by atoms with Crippen LogP contribution in [0, 0.1) is 6.92 Å². The second kappa shape index (κ2) is 11.7. The summed E-state index contributed by atoms with van der Waals surface area (Å²) in [5.41, 5.74) is 1.56. The molecular weight excluding hydrogens is 544 g/mol. The first-order valence-corrected chi connectivity index (χ1v) is 14.2. The Morgan fingerprint density at radius 3 is 2.62 bits per heavy atom. The molecule has 0 atom stereocenters. The number of esters is 1. The van der Waals surface area contributed by atoms with Crippen molar-refractivity contribution in [3.05, 3.63) is 56.3 Å². The van der Waals surface area contributed by atoms with Gasteiger partial charge in [-0.15, -0.1) is 11.3 Å². The van der Waals surface area contributed by atoms with Crippen LogP contribution < -0.4 is 15.6 Å². The van der Waals surface area contributed by atoms with Crippen LogP contribution >= 0.6 is 23.1 Å². The maximum atomic E-state index is 13.0. The molecule has 208 valence electrons. The first-order valence-electron chi connectivity index (χ1n) is 12.4. The monoisotopic (exact) mass is 575 g/mol. The number of nitrogens with zero attached hydrogens (tertiary/aromatic N) is 2. The molecule has 2 amide bonds. The molecule has 3 heterocycles. The molecule has 0 saturated carbocycles. The van der Waals surface area contributed by atoms with E-state index in [1.165, 1.54) is 16.0 Å². The SMILES string of the molecule is CCOC(=O)c1c(NC(=O)CSc2c(=O)o[nH][n+]2-c2ccc(C)cc2)sc2c1CCN(C(=O)OC(C)(C)C)C2. The van der Waals surface area contributed by atoms with Crippen molar-refractivity contribution in [2.75, 3.05) is 24.2 Å². The molecule has 0 aliphatic carbocycles. The minimum atomic E-state index is -0.631. The summed E-state index contributed by atoms with van der Waals surface area (Å²) < 4.78 is 17.2. The van der Waals surface area contributed by atoms with Crippen molar-refractivity contribution >= 4 is 46.1 Å². The Morgan fingerprint density at radius 1 is 1.23 bits per heavy atom. The van der Waals surface area contributed by atoms with Crippen LogP contribution in [-0.4, -0.2) is 52.6 Å². The maximum Gasteiger partial charge on any atom is 0.442 e. The molecule has 0 unspecified atom stereocenters. The maximum absolute atomic E-state index is 13.0. The predicted octanol–water partition coefficient (Wildman–Crippen LogP) is 3.82. The van der Waals surface area contributed by atoms with Crippen LogP contribution in [0.1, 0.15) is 54.1 Å². The van der Waals surface area contributed by atoms with E-state index in [4.69, 9.17) is 14.0 Å². The molecule has 0 saturated heterocycles. The van der Waals surface area contributed by atoms with Gasteiger partial charge in [0.1, 0.15) is 10.6 Å². The number of nitrogens with one attached hydrogen (secondary N) is 2. The zero-order valence-electron chi connectivity index (χ0n) is 22.4. The van der Waals surface area contributed by atoms with Gasteiger partial charge in [-0.3, -0.25) is 9.32 Å². The lowest BCUT2D eigenvalue weighted by Crippen LogP contribution is -2.39. The van der Waals surface area contributed by atoms with Crippen LogP contribution in [0.25, 0.3) is 5.69 Å². The van der Waals surface area contributed by atoms with E-state index in [2.05, 4.69) is 10.6 Å². The third-order valence-electron chi connectivity index (χ3n) is 5.68. The number of aromatic nitrogens is 2. The van der Waals surface area contributed by atoms with E-state index in [9.17, 15) is 19.2 Å². The molecule has 2 N–H and O–H groups in total. The Hall–Kier alpha value is -3.58. The van der Waals surface area contributed by atoms with Gasteiger partial charge in [0.25, 0.3) is 0 Å². The number of aryl methyl sites for hydroxylation is 1. The van der Waals surface area contributed by atoms with Gasteiger partial charge in [-0.25, -0.2) is 14.4 Å². The highest BCUT2D eigenvalue weighted by molar-refractivity contribution is 7.99. The highest BCUT2D eigenvalue weighted by Crippen LogP contribution is 2.38. The highest BCUT2D eigenvalue weighted by atomic mass is 32.2. The van der Waals surface area contributed by atoms with Crippen molar-refractivity contribution in [2.24, 2.45) is 0 Å². The number of thioether (sulfide) groups is 1. The molecule has 13 heteroatoms. The fraction of sp³-hybridized carbons (Fsp3) is 0.423. The van der Waals surface area contributed by atoms with E-state index in [0.717, 1.165) is 27.8 Å². The summed E-state index contributed by atoms with van der Waals surface area (Å²) in [5, 5.41) is 5.92. The van der Waals surface area contributed by atoms with Gasteiger partial charge in [0.2, 0.25) is 11.6 Å². The first-order chi connectivity index (χ1) is 18.5. The lowest BCUT2D eigenvalue weighted by Gasteiger charge is -2.30. The van der Waals surface area contributed by atoms with Gasteiger partial charge in [-0.2, -0.15) is 0 Å². The Bertz CT molecular complexity index is 1430. The molecule has 1 aromatic carbocycles. The van der Waals surface area contributed by atoms with Gasteiger partial charge in [-0.05, 0) is 68.3 Å². The molecule has 1 aliphatic rings. The van der Waals surface area contributed by atoms with Crippen LogP contribution in [-0.2, 0) is 27.2 Å². The molecule has 1 aliphatic heterocycles. The Labute approximate surface area is 233 Å². The zero-order chi connectivity index (χ0) is 28.3. The second-order valence-corrected chi connectivity index (χ2v) is 11.9. The van der Waals surface area contributed by atoms with Crippen LogP contribution in [0.5, 0.6) is 0 Å². The minimum Gasteiger partial charge on any atom is -0.462 e. The van der Waals surface area contributed by atoms with Crippen molar-refractivity contribution in [3.8, 4) is 5.69 Å². The van der Waals surface area contributed by atoms with Crippen molar-refractivity contribution in [3.63, 3.8) is 0 Å². The number of ether oxygens (including phenoxy) is 2. The van der Waals surface area contributed by atoms with Gasteiger partial charge in [0, 0.05) is 23.6 Å². The second-order valence-electron chi connectivity index (χ2n) is 9.87. The number of H-pyrrole nitrogens is 1. The molecule has 2 aromatic heterocycles. The zero-order valence-corrected chi connectivity index (χ0v) is 24.0. The Morgan fingerprint density at radius 2 is 1.95 bits per heavy atom. The smallest absolute Gasteiger partial charge is 0.442 e. The number of benzene rings is 1. The molecule has 4 rings (SSSR count). The van der Waals surface area contributed by atoms with Crippen molar-refractivity contribution in [1.29, 1.82) is 0 Å². The number of anilines is 1. The van der Waals surface area contributed by atoms with Gasteiger partial charge >= 0.3 is 22.7 Å². The normalized spacial score (nSPS) is 13.1. The first kappa shape index (κ1) is 28.4. The number of aromatic amines is 1. The average molecular weight is 576 g/mol. The van der Waals surface area contributed by atoms with Gasteiger partial charge in [0.05, 0.1) is 24.5 Å². The van der Waals surface area contributed by atoms with Crippen molar-refractivity contribution < 1.29 is 33.1 Å². The van der Waals surface area contributed by atoms with Gasteiger partial charge in [-0.1, -0.05) is 17.7 Å². The third-order valence-corrected chi connectivity index (χ3v) is 7.84. The fourth-order valence-electron chi connectivity index (χ4n) is 3.94. The number of hydrogen-bond acceptors (Lipinski definition) is 9. The van der Waals surface area contributed by atoms with Crippen LogP contribution in [0.15, 0.2) is 38.6 Å². The van der Waals surface area contributed by atoms with E-state index in [1.54, 1.807) is 32.6 Å². The lowest BCUT2D eigenvalue weighted by molar-refractivity contribution is -0.704. The molecule has 0 bridgehead atoms. The van der Waals surface area contributed by atoms with E-state index < -0.39 is 29.2 Å². The molecule has 0 fully saturated rings. The summed E-state index contributed by atoms with van der Waals surface area (Å²) in [6.07, 6.45) is -0.0152. The molecule has 39 heavy (non-hydrogen) atoms. The number of fused-ring (bicyclic) bond motifs is 1. The summed E-state index contributed by atoms with van der Waals surface area (Å²) in [4.78, 5) is 53.1. The van der Waals surface area contributed by atoms with Gasteiger partial charge in [0.15, 0.2) is 0 Å². The fourth-order valence-corrected chi connectivity index (χ4v) is 5.98. The standard InChI is InChI=1S/C26H30N4O7S2/c1-6-35-23(32)20-17-11-12-29(25(34)36-26(3,4)5)13-18(17)39-21(20)27-19(31)14-38-22-24(33)37-28-30(22)16-9-7-15(2)8-10-16/h7-10H,6,11-14H2,1-5H3,(H-,27,28,31,32,33)/p+1. The van der Waals surface area contributed by atoms with E-state index in [-0.39, 0.29) is 23.9 Å². The summed E-state index contributed by atoms with van der Waals surface area (Å²) >= 11 is 2.24. The summed E-state index contributed by atoms with van der Waals surface area (Å²) in [5.74, 6) is -1.06. The number of amides is 2. The molecular formula is C26H31N4O7S2+. The summed E-state index contributed by atoms with van der Waals surface area (Å²) in [6, 6.07) is 7.45. The van der Waals surface area contributed by atoms with E-state index in [0.29, 0.717) is 29.2 Å². The average Bonchev–Trinajstić information content (AvgIpc) is 3.41. The Kier molecular flexibility index (Phi) is 8.50. The summed E-state index contributed by atoms with van der Waals surface area (Å²) in [6.45, 7) is 9.87. The highest BCUT2D eigenvalue weighted by Gasteiger charge is 2.33. The minimum absolute atomic E-state index is 0.108. The quantitative estimate of drug-likeness (QED) is 0.247. The van der Waals surface area contributed by atoms with Crippen molar-refractivity contribution in [2.45, 2.75) is 58.2 Å². The summed E-state index contributed by atoms with van der Waals surface area (Å²) in [7, 11) is 0. The van der Waals surface area contributed by atoms with Gasteiger partial charge < -0.3 is 19.7 Å². The topological polar surface area (TPSA) is 135 Å². The Balaban J connectivity index is 1.51. The number of carbonyl (C=O) groups is 3. The number of carbonyl (C=O) groups excluding carboxylic acids is 3. The molecule has 0 spiro atoms. The third kappa shape index (κ3) is 6.71. The van der Waals surface area contributed by atoms with Crippen LogP contribution in [0.4, 0.5) is 9.80 Å². The van der Waals surface area contributed by atoms with Crippen molar-refractivity contribution in [1.82, 2.24) is 10.2 Å². The van der Waals surface area contributed by atoms with Crippen LogP contribution in [0.2, 0.25) is 0 Å². The largest absolute Gasteiger partial charge is 0.462 e. The molecule has 11 nitrogen and oxygen atoms in total.